The summed E-state index contributed by atoms with van der Waals surface area (Å²) in [6.07, 6.45) is 5.54. The van der Waals surface area contributed by atoms with Crippen molar-refractivity contribution < 1.29 is 0 Å². The van der Waals surface area contributed by atoms with Gasteiger partial charge >= 0.3 is 0 Å². The Hall–Kier alpha value is -1.64. The fourth-order valence-corrected chi connectivity index (χ4v) is 5.44. The maximum absolute atomic E-state index is 2.69. The number of hydrogen-bond donors (Lipinski definition) is 0. The van der Waals surface area contributed by atoms with Crippen LogP contribution in [0.25, 0.3) is 0 Å². The Morgan fingerprint density at radius 2 is 0.893 bits per heavy atom. The summed E-state index contributed by atoms with van der Waals surface area (Å²) in [5.74, 6) is 1.88. The zero-order valence-corrected chi connectivity index (χ0v) is 17.6. The number of piperidine rings is 2. The topological polar surface area (TPSA) is 6.48 Å². The van der Waals surface area contributed by atoms with Gasteiger partial charge in [-0.3, -0.25) is 9.80 Å². The molecule has 2 nitrogen and oxygen atoms in total. The van der Waals surface area contributed by atoms with Gasteiger partial charge < -0.3 is 0 Å². The van der Waals surface area contributed by atoms with Crippen LogP contribution in [-0.2, 0) is 0 Å². The third-order valence-electron chi connectivity index (χ3n) is 7.47. The molecule has 0 radical (unpaired) electrons. The number of likely N-dealkylation sites (tertiary alicyclic amines) is 2. The Morgan fingerprint density at radius 3 is 1.21 bits per heavy atom. The lowest BCUT2D eigenvalue weighted by molar-refractivity contribution is 0.0685. The van der Waals surface area contributed by atoms with E-state index in [9.17, 15) is 0 Å². The zero-order chi connectivity index (χ0) is 19.3. The monoisotopic (exact) mass is 376 g/mol. The lowest BCUT2D eigenvalue weighted by atomic mass is 9.78. The maximum Gasteiger partial charge on any atom is 0.0319 e. The van der Waals surface area contributed by atoms with E-state index < -0.39 is 0 Å². The third kappa shape index (κ3) is 4.50. The highest BCUT2D eigenvalue weighted by molar-refractivity contribution is 5.19. The van der Waals surface area contributed by atoms with E-state index in [1.807, 2.05) is 0 Å². The van der Waals surface area contributed by atoms with Gasteiger partial charge in [0.2, 0.25) is 0 Å². The summed E-state index contributed by atoms with van der Waals surface area (Å²) in [6, 6.07) is 23.1. The number of rotatable bonds is 5. The van der Waals surface area contributed by atoms with Crippen LogP contribution in [-0.4, -0.2) is 36.0 Å². The molecule has 2 unspecified atom stereocenters. The van der Waals surface area contributed by atoms with E-state index in [0.29, 0.717) is 12.1 Å². The van der Waals surface area contributed by atoms with Crippen molar-refractivity contribution in [2.24, 2.45) is 11.8 Å². The quantitative estimate of drug-likeness (QED) is 0.638. The van der Waals surface area contributed by atoms with E-state index in [4.69, 9.17) is 0 Å². The molecule has 0 saturated carbocycles. The van der Waals surface area contributed by atoms with Gasteiger partial charge in [0.1, 0.15) is 0 Å². The van der Waals surface area contributed by atoms with Crippen molar-refractivity contribution in [1.29, 1.82) is 0 Å². The van der Waals surface area contributed by atoms with Crippen molar-refractivity contribution in [1.82, 2.24) is 9.80 Å². The van der Waals surface area contributed by atoms with Crippen LogP contribution in [0.4, 0.5) is 0 Å². The van der Waals surface area contributed by atoms with Gasteiger partial charge in [-0.05, 0) is 88.7 Å². The van der Waals surface area contributed by atoms with Crippen molar-refractivity contribution in [2.45, 2.75) is 51.6 Å². The van der Waals surface area contributed by atoms with Crippen molar-refractivity contribution in [3.63, 3.8) is 0 Å². The highest BCUT2D eigenvalue weighted by atomic mass is 15.2. The van der Waals surface area contributed by atoms with E-state index in [2.05, 4.69) is 84.3 Å². The van der Waals surface area contributed by atoms with Crippen LogP contribution in [0.5, 0.6) is 0 Å². The van der Waals surface area contributed by atoms with E-state index in [1.165, 1.54) is 63.0 Å². The lowest BCUT2D eigenvalue weighted by Gasteiger charge is -2.43. The number of nitrogens with zero attached hydrogens (tertiary/aromatic N) is 2. The van der Waals surface area contributed by atoms with Gasteiger partial charge in [0.05, 0.1) is 0 Å². The highest BCUT2D eigenvalue weighted by Crippen LogP contribution is 2.36. The van der Waals surface area contributed by atoms with E-state index in [1.54, 1.807) is 0 Å². The molecule has 2 aliphatic heterocycles. The molecule has 4 rings (SSSR count). The summed E-state index contributed by atoms with van der Waals surface area (Å²) >= 11 is 0. The molecule has 2 aromatic rings. The fourth-order valence-electron chi connectivity index (χ4n) is 5.44. The van der Waals surface area contributed by atoms with E-state index >= 15 is 0 Å². The second-order valence-corrected chi connectivity index (χ2v) is 8.92. The first-order valence-electron chi connectivity index (χ1n) is 11.3. The van der Waals surface area contributed by atoms with Crippen molar-refractivity contribution >= 4 is 0 Å². The normalized spacial score (nSPS) is 22.8. The van der Waals surface area contributed by atoms with Crippen LogP contribution in [0.15, 0.2) is 60.7 Å². The molecule has 0 aromatic heterocycles. The van der Waals surface area contributed by atoms with E-state index in [-0.39, 0.29) is 0 Å². The summed E-state index contributed by atoms with van der Waals surface area (Å²) in [6.45, 7) is 9.81. The van der Waals surface area contributed by atoms with Crippen LogP contribution >= 0.6 is 0 Å². The molecule has 2 aliphatic rings. The smallest absolute Gasteiger partial charge is 0.0319 e. The first-order chi connectivity index (χ1) is 13.7. The Bertz CT molecular complexity index is 634. The summed E-state index contributed by atoms with van der Waals surface area (Å²) < 4.78 is 0. The molecule has 150 valence electrons. The molecule has 0 amide bonds. The molecule has 0 N–H and O–H groups in total. The minimum absolute atomic E-state index is 0.552. The predicted molar refractivity (Wildman–Crippen MR) is 118 cm³/mol. The molecule has 0 bridgehead atoms. The van der Waals surface area contributed by atoms with Crippen LogP contribution in [0, 0.1) is 11.8 Å². The molecule has 2 aromatic carbocycles. The molecule has 28 heavy (non-hydrogen) atoms. The number of benzene rings is 2. The van der Waals surface area contributed by atoms with Crippen molar-refractivity contribution in [2.75, 3.05) is 26.2 Å². The molecule has 2 atom stereocenters. The molecule has 2 saturated heterocycles. The molecular formula is C26H36N2. The van der Waals surface area contributed by atoms with Gasteiger partial charge in [-0.25, -0.2) is 0 Å². The Morgan fingerprint density at radius 1 is 0.571 bits per heavy atom. The van der Waals surface area contributed by atoms with Crippen LogP contribution in [0.3, 0.4) is 0 Å². The van der Waals surface area contributed by atoms with Gasteiger partial charge in [0.25, 0.3) is 0 Å². The van der Waals surface area contributed by atoms with E-state index in [0.717, 1.165) is 11.8 Å². The largest absolute Gasteiger partial charge is 0.297 e. The lowest BCUT2D eigenvalue weighted by Crippen LogP contribution is -2.42. The molecule has 0 spiro atoms. The minimum atomic E-state index is 0.552. The van der Waals surface area contributed by atoms with Crippen molar-refractivity contribution in [3.8, 4) is 0 Å². The van der Waals surface area contributed by atoms with Crippen LogP contribution in [0.2, 0.25) is 0 Å². The Labute approximate surface area is 171 Å². The van der Waals surface area contributed by atoms with Gasteiger partial charge in [-0.1, -0.05) is 60.7 Å². The standard InChI is InChI=1S/C26H36N2/c1-21(23-9-5-3-6-10-23)27-17-13-25(14-18-27)26-15-19-28(20-16-26)22(2)24-11-7-4-8-12-24/h3-12,21-22,25-26H,13-20H2,1-2H3. The average molecular weight is 377 g/mol. The number of hydrogen-bond acceptors (Lipinski definition) is 2. The van der Waals surface area contributed by atoms with Gasteiger partial charge in [0, 0.05) is 12.1 Å². The zero-order valence-electron chi connectivity index (χ0n) is 17.6. The Balaban J connectivity index is 1.25. The molecule has 0 aliphatic carbocycles. The van der Waals surface area contributed by atoms with Gasteiger partial charge in [-0.2, -0.15) is 0 Å². The summed E-state index contributed by atoms with van der Waals surface area (Å²) in [4.78, 5) is 5.39. The van der Waals surface area contributed by atoms with Crippen molar-refractivity contribution in [3.05, 3.63) is 71.8 Å². The second kappa shape index (κ2) is 9.24. The van der Waals surface area contributed by atoms with Crippen LogP contribution in [0.1, 0.15) is 62.7 Å². The van der Waals surface area contributed by atoms with Gasteiger partial charge in [-0.15, -0.1) is 0 Å². The molecular weight excluding hydrogens is 340 g/mol. The Kier molecular flexibility index (Phi) is 6.49. The molecule has 2 heterocycles. The molecule has 2 fully saturated rings. The first kappa shape index (κ1) is 19.7. The first-order valence-corrected chi connectivity index (χ1v) is 11.3. The maximum atomic E-state index is 2.69. The fraction of sp³-hybridized carbons (Fsp3) is 0.538. The average Bonchev–Trinajstić information content (AvgIpc) is 2.79. The second-order valence-electron chi connectivity index (χ2n) is 8.92. The van der Waals surface area contributed by atoms with Gasteiger partial charge in [0.15, 0.2) is 0 Å². The molecule has 2 heteroatoms. The van der Waals surface area contributed by atoms with Crippen LogP contribution < -0.4 is 0 Å². The summed E-state index contributed by atoms with van der Waals surface area (Å²) in [5, 5.41) is 0. The summed E-state index contributed by atoms with van der Waals surface area (Å²) in [7, 11) is 0. The SMILES string of the molecule is CC(c1ccccc1)N1CCC(C2CCN(C(C)c3ccccc3)CC2)CC1. The predicted octanol–water partition coefficient (Wildman–Crippen LogP) is 5.93. The minimum Gasteiger partial charge on any atom is -0.297 e. The highest BCUT2D eigenvalue weighted by Gasteiger charge is 2.32. The third-order valence-corrected chi connectivity index (χ3v) is 7.47. The summed E-state index contributed by atoms with van der Waals surface area (Å²) in [5.41, 5.74) is 2.92.